The number of urea groups is 1. The number of halogens is 1. The summed E-state index contributed by atoms with van der Waals surface area (Å²) in [5.41, 5.74) is 2.46. The molecule has 0 atom stereocenters. The minimum absolute atomic E-state index is 0.135. The van der Waals surface area contributed by atoms with Crippen molar-refractivity contribution < 1.29 is 4.79 Å². The van der Waals surface area contributed by atoms with Crippen molar-refractivity contribution in [3.05, 3.63) is 35.0 Å². The van der Waals surface area contributed by atoms with Crippen molar-refractivity contribution in [2.75, 3.05) is 13.1 Å². The van der Waals surface area contributed by atoms with E-state index in [0.29, 0.717) is 12.0 Å². The topological polar surface area (TPSA) is 48.1 Å². The number of likely N-dealkylation sites (tertiary alicyclic amines) is 1. The average Bonchev–Trinajstić information content (AvgIpc) is 3.05. The molecule has 2 aliphatic rings. The summed E-state index contributed by atoms with van der Waals surface area (Å²) in [6, 6.07) is 6.56. The second kappa shape index (κ2) is 7.28. The molecule has 1 aromatic carbocycles. The lowest BCUT2D eigenvalue weighted by Crippen LogP contribution is -2.48. The number of rotatable bonds is 2. The molecular formula is C20H26ClN3O. The minimum atomic E-state index is 0.135. The number of H-pyrrole nitrogens is 1. The monoisotopic (exact) mass is 359 g/mol. The number of amides is 2. The number of hydrogen-bond donors (Lipinski definition) is 2. The number of piperidine rings is 1. The van der Waals surface area contributed by atoms with Crippen LogP contribution in [0.4, 0.5) is 4.79 Å². The second-order valence-electron chi connectivity index (χ2n) is 7.48. The number of fused-ring (bicyclic) bond motifs is 1. The van der Waals surface area contributed by atoms with Crippen molar-refractivity contribution in [1.29, 1.82) is 0 Å². The third kappa shape index (κ3) is 3.64. The molecule has 4 nitrogen and oxygen atoms in total. The molecule has 0 spiro atoms. The van der Waals surface area contributed by atoms with E-state index < -0.39 is 0 Å². The lowest BCUT2D eigenvalue weighted by Gasteiger charge is -2.34. The first-order valence-corrected chi connectivity index (χ1v) is 9.90. The summed E-state index contributed by atoms with van der Waals surface area (Å²) in [4.78, 5) is 17.8. The molecule has 134 valence electrons. The van der Waals surface area contributed by atoms with Crippen LogP contribution < -0.4 is 5.32 Å². The van der Waals surface area contributed by atoms with E-state index in [2.05, 4.69) is 22.6 Å². The van der Waals surface area contributed by atoms with Crippen LogP contribution in [-0.4, -0.2) is 35.0 Å². The maximum absolute atomic E-state index is 12.5. The van der Waals surface area contributed by atoms with Gasteiger partial charge in [-0.15, -0.1) is 0 Å². The van der Waals surface area contributed by atoms with E-state index in [-0.39, 0.29) is 6.03 Å². The molecule has 1 saturated carbocycles. The first kappa shape index (κ1) is 16.8. The highest BCUT2D eigenvalue weighted by Crippen LogP contribution is 2.34. The second-order valence-corrected chi connectivity index (χ2v) is 7.92. The number of benzene rings is 1. The summed E-state index contributed by atoms with van der Waals surface area (Å²) in [6.45, 7) is 1.67. The average molecular weight is 360 g/mol. The third-order valence-corrected chi connectivity index (χ3v) is 6.07. The summed E-state index contributed by atoms with van der Waals surface area (Å²) >= 11 is 6.08. The molecule has 2 heterocycles. The highest BCUT2D eigenvalue weighted by Gasteiger charge is 2.26. The van der Waals surface area contributed by atoms with Crippen molar-refractivity contribution in [2.45, 2.75) is 56.9 Å². The van der Waals surface area contributed by atoms with E-state index in [0.717, 1.165) is 49.3 Å². The maximum atomic E-state index is 12.5. The van der Waals surface area contributed by atoms with E-state index in [1.165, 1.54) is 30.2 Å². The Morgan fingerprint density at radius 2 is 1.88 bits per heavy atom. The van der Waals surface area contributed by atoms with Gasteiger partial charge in [0.15, 0.2) is 0 Å². The summed E-state index contributed by atoms with van der Waals surface area (Å²) in [5, 5.41) is 5.26. The molecule has 0 radical (unpaired) electrons. The van der Waals surface area contributed by atoms with E-state index in [9.17, 15) is 4.79 Å². The van der Waals surface area contributed by atoms with Crippen molar-refractivity contribution in [3.8, 4) is 0 Å². The van der Waals surface area contributed by atoms with Gasteiger partial charge in [0.25, 0.3) is 0 Å². The van der Waals surface area contributed by atoms with Gasteiger partial charge in [0, 0.05) is 41.3 Å². The van der Waals surface area contributed by atoms with Crippen molar-refractivity contribution >= 4 is 28.5 Å². The van der Waals surface area contributed by atoms with Crippen LogP contribution in [0.2, 0.25) is 5.02 Å². The fourth-order valence-corrected chi connectivity index (χ4v) is 4.54. The predicted octanol–water partition coefficient (Wildman–Crippen LogP) is 5.04. The number of carbonyl (C=O) groups is 1. The van der Waals surface area contributed by atoms with Crippen LogP contribution in [0.5, 0.6) is 0 Å². The number of nitrogens with zero attached hydrogens (tertiary/aromatic N) is 1. The first-order chi connectivity index (χ1) is 12.2. The lowest BCUT2D eigenvalue weighted by atomic mass is 9.89. The fourth-order valence-electron chi connectivity index (χ4n) is 4.37. The molecular weight excluding hydrogens is 334 g/mol. The van der Waals surface area contributed by atoms with Crippen LogP contribution in [0.1, 0.15) is 56.4 Å². The van der Waals surface area contributed by atoms with E-state index >= 15 is 0 Å². The molecule has 0 bridgehead atoms. The zero-order valence-corrected chi connectivity index (χ0v) is 15.3. The van der Waals surface area contributed by atoms with E-state index in [4.69, 9.17) is 11.6 Å². The van der Waals surface area contributed by atoms with Crippen LogP contribution in [0, 0.1) is 0 Å². The maximum Gasteiger partial charge on any atom is 0.317 e. The number of carbonyl (C=O) groups excluding carboxylic acids is 1. The van der Waals surface area contributed by atoms with Gasteiger partial charge in [0.1, 0.15) is 0 Å². The van der Waals surface area contributed by atoms with Gasteiger partial charge in [-0.1, -0.05) is 36.9 Å². The highest BCUT2D eigenvalue weighted by atomic mass is 35.5. The fraction of sp³-hybridized carbons (Fsp3) is 0.550. The SMILES string of the molecule is O=C(NC1CCCCC1)N1CCC(c2c[nH]c3cc(Cl)ccc23)CC1. The molecule has 2 N–H and O–H groups in total. The van der Waals surface area contributed by atoms with Gasteiger partial charge in [-0.2, -0.15) is 0 Å². The number of hydrogen-bond acceptors (Lipinski definition) is 1. The van der Waals surface area contributed by atoms with Crippen LogP contribution in [-0.2, 0) is 0 Å². The Bertz CT molecular complexity index is 742. The van der Waals surface area contributed by atoms with Gasteiger partial charge in [0.2, 0.25) is 0 Å². The molecule has 2 amide bonds. The summed E-state index contributed by atoms with van der Waals surface area (Å²) in [5.74, 6) is 0.508. The molecule has 1 saturated heterocycles. The third-order valence-electron chi connectivity index (χ3n) is 5.83. The van der Waals surface area contributed by atoms with E-state index in [1.807, 2.05) is 17.0 Å². The first-order valence-electron chi connectivity index (χ1n) is 9.52. The quantitative estimate of drug-likeness (QED) is 0.775. The number of aromatic nitrogens is 1. The van der Waals surface area contributed by atoms with Gasteiger partial charge < -0.3 is 15.2 Å². The van der Waals surface area contributed by atoms with Gasteiger partial charge >= 0.3 is 6.03 Å². The van der Waals surface area contributed by atoms with Crippen LogP contribution in [0.15, 0.2) is 24.4 Å². The molecule has 1 aromatic heterocycles. The summed E-state index contributed by atoms with van der Waals surface area (Å²) < 4.78 is 0. The Morgan fingerprint density at radius 1 is 1.12 bits per heavy atom. The molecule has 2 fully saturated rings. The molecule has 25 heavy (non-hydrogen) atoms. The van der Waals surface area contributed by atoms with Gasteiger partial charge in [0.05, 0.1) is 0 Å². The Morgan fingerprint density at radius 3 is 2.64 bits per heavy atom. The normalized spacial score (nSPS) is 20.1. The Balaban J connectivity index is 1.36. The predicted molar refractivity (Wildman–Crippen MR) is 102 cm³/mol. The standard InChI is InChI=1S/C20H26ClN3O/c21-15-6-7-17-18(13-22-19(17)12-15)14-8-10-24(11-9-14)20(25)23-16-4-2-1-3-5-16/h6-7,12-14,16,22H,1-5,8-11H2,(H,23,25). The largest absolute Gasteiger partial charge is 0.361 e. The molecule has 4 rings (SSSR count). The minimum Gasteiger partial charge on any atom is -0.361 e. The molecule has 5 heteroatoms. The van der Waals surface area contributed by atoms with Gasteiger partial charge in [-0.25, -0.2) is 4.79 Å². The van der Waals surface area contributed by atoms with Crippen LogP contribution in [0.3, 0.4) is 0 Å². The highest BCUT2D eigenvalue weighted by molar-refractivity contribution is 6.31. The Labute approximate surface area is 153 Å². The lowest BCUT2D eigenvalue weighted by molar-refractivity contribution is 0.174. The van der Waals surface area contributed by atoms with Crippen molar-refractivity contribution in [3.63, 3.8) is 0 Å². The van der Waals surface area contributed by atoms with Crippen LogP contribution >= 0.6 is 11.6 Å². The van der Waals surface area contributed by atoms with Crippen LogP contribution in [0.25, 0.3) is 10.9 Å². The van der Waals surface area contributed by atoms with Crippen molar-refractivity contribution in [1.82, 2.24) is 15.2 Å². The van der Waals surface area contributed by atoms with E-state index in [1.54, 1.807) is 0 Å². The Kier molecular flexibility index (Phi) is 4.89. The molecule has 0 unspecified atom stereocenters. The summed E-state index contributed by atoms with van der Waals surface area (Å²) in [7, 11) is 0. The van der Waals surface area contributed by atoms with Gasteiger partial charge in [-0.3, -0.25) is 0 Å². The zero-order valence-electron chi connectivity index (χ0n) is 14.6. The summed E-state index contributed by atoms with van der Waals surface area (Å²) in [6.07, 6.45) is 10.2. The smallest absolute Gasteiger partial charge is 0.317 e. The molecule has 2 aromatic rings. The van der Waals surface area contributed by atoms with Crippen molar-refractivity contribution in [2.24, 2.45) is 0 Å². The number of aromatic amines is 1. The Hall–Kier alpha value is -1.68. The molecule has 1 aliphatic heterocycles. The van der Waals surface area contributed by atoms with Gasteiger partial charge in [-0.05, 0) is 49.3 Å². The number of nitrogens with one attached hydrogen (secondary N) is 2. The zero-order chi connectivity index (χ0) is 17.2. The molecule has 1 aliphatic carbocycles.